The minimum Gasteiger partial charge on any atom is -0.493 e. The molecule has 4 N–H and O–H groups in total. The molecule has 1 aliphatic rings. The molecular weight excluding hydrogens is 416 g/mol. The van der Waals surface area contributed by atoms with Crippen LogP contribution in [0.2, 0.25) is 0 Å². The normalized spacial score (nSPS) is 13.2. The molecule has 0 atom stereocenters. The van der Waals surface area contributed by atoms with E-state index < -0.39 is 0 Å². The molecule has 0 fully saturated rings. The van der Waals surface area contributed by atoms with E-state index in [0.29, 0.717) is 36.0 Å². The molecule has 0 radical (unpaired) electrons. The van der Waals surface area contributed by atoms with Crippen molar-refractivity contribution in [2.45, 2.75) is 6.54 Å². The molecule has 0 unspecified atom stereocenters. The van der Waals surface area contributed by atoms with Gasteiger partial charge in [0.1, 0.15) is 12.4 Å². The minimum atomic E-state index is 0.577. The summed E-state index contributed by atoms with van der Waals surface area (Å²) in [4.78, 5) is 6.85. The number of fused-ring (bicyclic) bond motifs is 2. The highest BCUT2D eigenvalue weighted by Crippen LogP contribution is 2.38. The Morgan fingerprint density at radius 3 is 2.42 bits per heavy atom. The van der Waals surface area contributed by atoms with E-state index in [-0.39, 0.29) is 0 Å². The van der Waals surface area contributed by atoms with Gasteiger partial charge >= 0.3 is 0 Å². The number of methoxy groups -OCH3 is 2. The number of benzene rings is 3. The molecule has 0 saturated heterocycles. The van der Waals surface area contributed by atoms with Crippen LogP contribution in [0.25, 0.3) is 22.0 Å². The van der Waals surface area contributed by atoms with Crippen molar-refractivity contribution in [2.24, 2.45) is 0 Å². The number of ether oxygens (including phenoxy) is 3. The smallest absolute Gasteiger partial charge is 0.162 e. The molecule has 1 aliphatic heterocycles. The van der Waals surface area contributed by atoms with Crippen LogP contribution < -0.4 is 30.6 Å². The fourth-order valence-electron chi connectivity index (χ4n) is 4.27. The molecule has 2 heterocycles. The Balaban J connectivity index is 1.55. The molecule has 1 aromatic heterocycles. The highest BCUT2D eigenvalue weighted by atomic mass is 16.5. The Kier molecular flexibility index (Phi) is 5.30. The molecule has 168 valence electrons. The molecule has 33 heavy (non-hydrogen) atoms. The van der Waals surface area contributed by atoms with Gasteiger partial charge in [0.15, 0.2) is 11.5 Å². The van der Waals surface area contributed by atoms with E-state index in [9.17, 15) is 0 Å². The van der Waals surface area contributed by atoms with Crippen molar-refractivity contribution in [3.63, 3.8) is 0 Å². The van der Waals surface area contributed by atoms with E-state index in [2.05, 4.69) is 22.0 Å². The molecule has 7 nitrogen and oxygen atoms in total. The van der Waals surface area contributed by atoms with Crippen molar-refractivity contribution in [3.05, 3.63) is 66.4 Å². The quantitative estimate of drug-likeness (QED) is 0.450. The van der Waals surface area contributed by atoms with E-state index >= 15 is 0 Å². The van der Waals surface area contributed by atoms with Gasteiger partial charge in [-0.15, -0.1) is 0 Å². The lowest BCUT2D eigenvalue weighted by molar-refractivity contribution is 0.332. The number of nitrogen functional groups attached to an aromatic ring is 2. The fraction of sp³-hybridized carbons (Fsp3) is 0.192. The van der Waals surface area contributed by atoms with Gasteiger partial charge in [-0.1, -0.05) is 12.1 Å². The van der Waals surface area contributed by atoms with Crippen LogP contribution in [0.15, 0.2) is 60.8 Å². The summed E-state index contributed by atoms with van der Waals surface area (Å²) >= 11 is 0. The molecule has 0 saturated carbocycles. The number of hydrogen-bond donors (Lipinski definition) is 2. The average molecular weight is 443 g/mol. The largest absolute Gasteiger partial charge is 0.493 e. The predicted octanol–water partition coefficient (Wildman–Crippen LogP) is 4.48. The maximum Gasteiger partial charge on any atom is 0.162 e. The van der Waals surface area contributed by atoms with Gasteiger partial charge in [-0.05, 0) is 47.5 Å². The monoisotopic (exact) mass is 442 g/mol. The van der Waals surface area contributed by atoms with Crippen LogP contribution in [-0.4, -0.2) is 32.4 Å². The lowest BCUT2D eigenvalue weighted by Crippen LogP contribution is -2.25. The summed E-state index contributed by atoms with van der Waals surface area (Å²) in [6.45, 7) is 2.02. The van der Waals surface area contributed by atoms with Crippen molar-refractivity contribution < 1.29 is 14.2 Å². The van der Waals surface area contributed by atoms with Crippen LogP contribution in [0.5, 0.6) is 17.2 Å². The fourth-order valence-corrected chi connectivity index (χ4v) is 4.27. The zero-order valence-corrected chi connectivity index (χ0v) is 18.7. The van der Waals surface area contributed by atoms with Gasteiger partial charge in [0.05, 0.1) is 37.7 Å². The van der Waals surface area contributed by atoms with Crippen LogP contribution in [0.3, 0.4) is 0 Å². The first-order valence-electron chi connectivity index (χ1n) is 10.7. The highest BCUT2D eigenvalue weighted by Gasteiger charge is 2.20. The van der Waals surface area contributed by atoms with Crippen LogP contribution in [0.1, 0.15) is 5.56 Å². The Labute approximate surface area is 192 Å². The van der Waals surface area contributed by atoms with Gasteiger partial charge in [-0.3, -0.25) is 4.98 Å². The molecular formula is C26H26N4O3. The zero-order chi connectivity index (χ0) is 22.9. The number of hydrogen-bond acceptors (Lipinski definition) is 7. The van der Waals surface area contributed by atoms with E-state index in [0.717, 1.165) is 45.6 Å². The second-order valence-corrected chi connectivity index (χ2v) is 7.99. The SMILES string of the molecule is COc1cc2nccc(N3CCOc4ccc(-c5ccc(N)c(N)c5)cc4C3)c2cc1OC. The summed E-state index contributed by atoms with van der Waals surface area (Å²) in [7, 11) is 3.27. The lowest BCUT2D eigenvalue weighted by Gasteiger charge is -2.24. The first kappa shape index (κ1) is 20.8. The van der Waals surface area contributed by atoms with Crippen molar-refractivity contribution in [2.75, 3.05) is 43.7 Å². The van der Waals surface area contributed by atoms with E-state index in [1.807, 2.05) is 48.7 Å². The Bertz CT molecular complexity index is 1340. The number of aromatic nitrogens is 1. The van der Waals surface area contributed by atoms with Gasteiger partial charge in [0.2, 0.25) is 0 Å². The number of nitrogens with zero attached hydrogens (tertiary/aromatic N) is 2. The number of anilines is 3. The summed E-state index contributed by atoms with van der Waals surface area (Å²) in [5, 5.41) is 1.00. The van der Waals surface area contributed by atoms with E-state index in [4.69, 9.17) is 25.7 Å². The molecule has 0 amide bonds. The van der Waals surface area contributed by atoms with Crippen molar-refractivity contribution in [1.29, 1.82) is 0 Å². The number of rotatable bonds is 4. The summed E-state index contributed by atoms with van der Waals surface area (Å²) in [6.07, 6.45) is 1.82. The third-order valence-electron chi connectivity index (χ3n) is 6.03. The van der Waals surface area contributed by atoms with Gasteiger partial charge in [-0.25, -0.2) is 0 Å². The first-order chi connectivity index (χ1) is 16.1. The third-order valence-corrected chi connectivity index (χ3v) is 6.03. The van der Waals surface area contributed by atoms with Crippen LogP contribution in [-0.2, 0) is 6.54 Å². The molecule has 5 rings (SSSR count). The van der Waals surface area contributed by atoms with Crippen LogP contribution in [0, 0.1) is 0 Å². The zero-order valence-electron chi connectivity index (χ0n) is 18.7. The standard InChI is InChI=1S/C26H26N4O3/c1-31-25-13-19-22(14-26(25)32-2)29-8-7-23(19)30-9-10-33-24-6-4-16(11-18(24)15-30)17-3-5-20(27)21(28)12-17/h3-8,11-14H,9-10,15,27-28H2,1-2H3. The Hall–Kier alpha value is -4.13. The predicted molar refractivity (Wildman–Crippen MR) is 132 cm³/mol. The Morgan fingerprint density at radius 2 is 1.64 bits per heavy atom. The van der Waals surface area contributed by atoms with E-state index in [1.54, 1.807) is 14.2 Å². The van der Waals surface area contributed by atoms with Crippen molar-refractivity contribution in [1.82, 2.24) is 4.98 Å². The third kappa shape index (κ3) is 3.82. The maximum absolute atomic E-state index is 6.08. The van der Waals surface area contributed by atoms with Crippen molar-refractivity contribution in [3.8, 4) is 28.4 Å². The molecule has 4 aromatic rings. The van der Waals surface area contributed by atoms with Gasteiger partial charge in [0, 0.05) is 35.4 Å². The number of nitrogens with two attached hydrogens (primary N) is 2. The van der Waals surface area contributed by atoms with Gasteiger partial charge in [0.25, 0.3) is 0 Å². The highest BCUT2D eigenvalue weighted by molar-refractivity contribution is 5.94. The summed E-state index contributed by atoms with van der Waals surface area (Å²) < 4.78 is 17.1. The summed E-state index contributed by atoms with van der Waals surface area (Å²) in [5.41, 5.74) is 18.2. The van der Waals surface area contributed by atoms with Crippen LogP contribution >= 0.6 is 0 Å². The molecule has 0 spiro atoms. The second-order valence-electron chi connectivity index (χ2n) is 7.99. The van der Waals surface area contributed by atoms with Gasteiger partial charge < -0.3 is 30.6 Å². The summed E-state index contributed by atoms with van der Waals surface area (Å²) in [6, 6.07) is 17.9. The molecule has 3 aromatic carbocycles. The molecule has 0 aliphatic carbocycles. The maximum atomic E-state index is 6.08. The average Bonchev–Trinajstić information content (AvgIpc) is 3.06. The lowest BCUT2D eigenvalue weighted by atomic mass is 10.0. The molecule has 7 heteroatoms. The van der Waals surface area contributed by atoms with Crippen molar-refractivity contribution >= 4 is 28.0 Å². The summed E-state index contributed by atoms with van der Waals surface area (Å²) in [5.74, 6) is 2.22. The first-order valence-corrected chi connectivity index (χ1v) is 10.7. The second kappa shape index (κ2) is 8.43. The number of pyridine rings is 1. The van der Waals surface area contributed by atoms with E-state index in [1.165, 1.54) is 0 Å². The Morgan fingerprint density at radius 1 is 0.879 bits per heavy atom. The van der Waals surface area contributed by atoms with Gasteiger partial charge in [-0.2, -0.15) is 0 Å². The van der Waals surface area contributed by atoms with Crippen LogP contribution in [0.4, 0.5) is 17.1 Å². The topological polar surface area (TPSA) is 95.9 Å². The minimum absolute atomic E-state index is 0.577. The molecule has 0 bridgehead atoms.